The number of rotatable bonds is 9. The van der Waals surface area contributed by atoms with Gasteiger partial charge in [-0.2, -0.15) is 0 Å². The van der Waals surface area contributed by atoms with Crippen molar-refractivity contribution in [3.05, 3.63) is 29.8 Å². The molecule has 25 heavy (non-hydrogen) atoms. The predicted molar refractivity (Wildman–Crippen MR) is 93.9 cm³/mol. The SMILES string of the molecule is COCCCOc1cccc(C(=O)NCC2(C(=O)O)CCCCC2)c1. The summed E-state index contributed by atoms with van der Waals surface area (Å²) in [6, 6.07) is 6.93. The van der Waals surface area contributed by atoms with E-state index in [2.05, 4.69) is 5.32 Å². The van der Waals surface area contributed by atoms with Gasteiger partial charge in [0.15, 0.2) is 0 Å². The average molecular weight is 349 g/mol. The first-order valence-electron chi connectivity index (χ1n) is 8.81. The van der Waals surface area contributed by atoms with Crippen LogP contribution in [0.1, 0.15) is 48.9 Å². The summed E-state index contributed by atoms with van der Waals surface area (Å²) in [5, 5.41) is 12.4. The Kier molecular flexibility index (Phi) is 7.25. The van der Waals surface area contributed by atoms with Gasteiger partial charge in [-0.15, -0.1) is 0 Å². The van der Waals surface area contributed by atoms with Crippen molar-refractivity contribution < 1.29 is 24.2 Å². The third kappa shape index (κ3) is 5.46. The maximum atomic E-state index is 12.4. The van der Waals surface area contributed by atoms with Gasteiger partial charge < -0.3 is 19.9 Å². The monoisotopic (exact) mass is 349 g/mol. The molecular formula is C19H27NO5. The molecule has 1 fully saturated rings. The van der Waals surface area contributed by atoms with Gasteiger partial charge in [-0.05, 0) is 31.0 Å². The molecule has 1 aliphatic rings. The Labute approximate surface area is 148 Å². The number of methoxy groups -OCH3 is 1. The van der Waals surface area contributed by atoms with Crippen molar-refractivity contribution in [1.29, 1.82) is 0 Å². The lowest BCUT2D eigenvalue weighted by Gasteiger charge is -2.33. The summed E-state index contributed by atoms with van der Waals surface area (Å²) in [5.41, 5.74) is -0.358. The second-order valence-electron chi connectivity index (χ2n) is 6.55. The quantitative estimate of drug-likeness (QED) is 0.670. The molecule has 6 heteroatoms. The summed E-state index contributed by atoms with van der Waals surface area (Å²) in [6.07, 6.45) is 4.86. The molecule has 1 aromatic carbocycles. The summed E-state index contributed by atoms with van der Waals surface area (Å²) < 4.78 is 10.6. The van der Waals surface area contributed by atoms with E-state index in [-0.39, 0.29) is 12.5 Å². The van der Waals surface area contributed by atoms with Crippen LogP contribution < -0.4 is 10.1 Å². The highest BCUT2D eigenvalue weighted by Crippen LogP contribution is 2.36. The minimum Gasteiger partial charge on any atom is -0.493 e. The number of carbonyl (C=O) groups excluding carboxylic acids is 1. The van der Waals surface area contributed by atoms with Crippen LogP contribution >= 0.6 is 0 Å². The molecule has 1 amide bonds. The maximum absolute atomic E-state index is 12.4. The largest absolute Gasteiger partial charge is 0.493 e. The highest BCUT2D eigenvalue weighted by Gasteiger charge is 2.39. The minimum absolute atomic E-state index is 0.167. The first-order chi connectivity index (χ1) is 12.1. The molecule has 2 rings (SSSR count). The smallest absolute Gasteiger partial charge is 0.311 e. The Balaban J connectivity index is 1.92. The van der Waals surface area contributed by atoms with E-state index in [9.17, 15) is 14.7 Å². The van der Waals surface area contributed by atoms with Gasteiger partial charge in [0.05, 0.1) is 12.0 Å². The van der Waals surface area contributed by atoms with E-state index in [1.807, 2.05) is 0 Å². The van der Waals surface area contributed by atoms with Crippen molar-refractivity contribution in [2.75, 3.05) is 26.9 Å². The Morgan fingerprint density at radius 2 is 1.96 bits per heavy atom. The molecule has 0 unspecified atom stereocenters. The Morgan fingerprint density at radius 1 is 1.20 bits per heavy atom. The van der Waals surface area contributed by atoms with Crippen LogP contribution in [0.4, 0.5) is 0 Å². The van der Waals surface area contributed by atoms with Crippen molar-refractivity contribution in [1.82, 2.24) is 5.32 Å². The predicted octanol–water partition coefficient (Wildman–Crippen LogP) is 2.87. The molecule has 0 aromatic heterocycles. The van der Waals surface area contributed by atoms with Gasteiger partial charge in [0, 0.05) is 32.2 Å². The van der Waals surface area contributed by atoms with Crippen molar-refractivity contribution >= 4 is 11.9 Å². The summed E-state index contributed by atoms with van der Waals surface area (Å²) in [7, 11) is 1.64. The number of amides is 1. The zero-order valence-electron chi connectivity index (χ0n) is 14.8. The van der Waals surface area contributed by atoms with Crippen LogP contribution in [-0.4, -0.2) is 43.9 Å². The normalized spacial score (nSPS) is 16.2. The van der Waals surface area contributed by atoms with E-state index in [0.717, 1.165) is 25.7 Å². The van der Waals surface area contributed by atoms with E-state index < -0.39 is 11.4 Å². The Hall–Kier alpha value is -2.08. The first-order valence-corrected chi connectivity index (χ1v) is 8.81. The van der Waals surface area contributed by atoms with Gasteiger partial charge in [0.1, 0.15) is 5.75 Å². The van der Waals surface area contributed by atoms with Gasteiger partial charge in [-0.1, -0.05) is 25.3 Å². The van der Waals surface area contributed by atoms with Crippen LogP contribution in [0, 0.1) is 5.41 Å². The first kappa shape index (κ1) is 19.2. The summed E-state index contributed by atoms with van der Waals surface area (Å²) in [6.45, 7) is 1.30. The topological polar surface area (TPSA) is 84.9 Å². The molecule has 0 spiro atoms. The van der Waals surface area contributed by atoms with Crippen LogP contribution in [-0.2, 0) is 9.53 Å². The fraction of sp³-hybridized carbons (Fsp3) is 0.579. The minimum atomic E-state index is -0.831. The Morgan fingerprint density at radius 3 is 2.64 bits per heavy atom. The highest BCUT2D eigenvalue weighted by molar-refractivity contribution is 5.94. The van der Waals surface area contributed by atoms with Gasteiger partial charge in [0.2, 0.25) is 0 Å². The number of benzene rings is 1. The van der Waals surface area contributed by atoms with Crippen LogP contribution in [0.25, 0.3) is 0 Å². The Bertz CT molecular complexity index is 581. The summed E-state index contributed by atoms with van der Waals surface area (Å²) >= 11 is 0. The van der Waals surface area contributed by atoms with Gasteiger partial charge >= 0.3 is 5.97 Å². The lowest BCUT2D eigenvalue weighted by molar-refractivity contribution is -0.150. The molecule has 1 saturated carbocycles. The van der Waals surface area contributed by atoms with Gasteiger partial charge in [-0.25, -0.2) is 0 Å². The molecule has 0 heterocycles. The number of carboxylic acids is 1. The van der Waals surface area contributed by atoms with Crippen molar-refractivity contribution in [3.8, 4) is 5.75 Å². The molecule has 1 aromatic rings. The van der Waals surface area contributed by atoms with E-state index in [0.29, 0.717) is 37.4 Å². The van der Waals surface area contributed by atoms with Gasteiger partial charge in [0.25, 0.3) is 5.91 Å². The average Bonchev–Trinajstić information content (AvgIpc) is 2.64. The standard InChI is InChI=1S/C19H27NO5/c1-24-11-6-12-25-16-8-5-7-15(13-16)17(21)20-14-19(18(22)23)9-3-2-4-10-19/h5,7-8,13H,2-4,6,9-12,14H2,1H3,(H,20,21)(H,22,23). The van der Waals surface area contributed by atoms with Crippen LogP contribution in [0.2, 0.25) is 0 Å². The van der Waals surface area contributed by atoms with Crippen LogP contribution in [0.15, 0.2) is 24.3 Å². The second-order valence-corrected chi connectivity index (χ2v) is 6.55. The lowest BCUT2D eigenvalue weighted by atomic mass is 9.74. The number of aliphatic carboxylic acids is 1. The van der Waals surface area contributed by atoms with Crippen molar-refractivity contribution in [2.24, 2.45) is 5.41 Å². The molecule has 0 bridgehead atoms. The molecule has 0 atom stereocenters. The van der Waals surface area contributed by atoms with E-state index in [1.165, 1.54) is 0 Å². The molecule has 0 radical (unpaired) electrons. The van der Waals surface area contributed by atoms with E-state index in [1.54, 1.807) is 31.4 Å². The number of nitrogens with one attached hydrogen (secondary N) is 1. The number of ether oxygens (including phenoxy) is 2. The second kappa shape index (κ2) is 9.42. The number of carbonyl (C=O) groups is 2. The van der Waals surface area contributed by atoms with Crippen molar-refractivity contribution in [3.63, 3.8) is 0 Å². The zero-order chi connectivity index (χ0) is 18.1. The van der Waals surface area contributed by atoms with Gasteiger partial charge in [-0.3, -0.25) is 9.59 Å². The van der Waals surface area contributed by atoms with Crippen molar-refractivity contribution in [2.45, 2.75) is 38.5 Å². The zero-order valence-corrected chi connectivity index (χ0v) is 14.8. The molecule has 2 N–H and O–H groups in total. The lowest BCUT2D eigenvalue weighted by Crippen LogP contribution is -2.44. The summed E-state index contributed by atoms with van der Waals surface area (Å²) in [4.78, 5) is 24.1. The molecule has 0 saturated heterocycles. The third-order valence-corrected chi connectivity index (χ3v) is 4.71. The van der Waals surface area contributed by atoms with E-state index in [4.69, 9.17) is 9.47 Å². The number of hydrogen-bond donors (Lipinski definition) is 2. The molecular weight excluding hydrogens is 322 g/mol. The molecule has 0 aliphatic heterocycles. The molecule has 138 valence electrons. The molecule has 6 nitrogen and oxygen atoms in total. The highest BCUT2D eigenvalue weighted by atomic mass is 16.5. The number of hydrogen-bond acceptors (Lipinski definition) is 4. The van der Waals surface area contributed by atoms with Crippen LogP contribution in [0.5, 0.6) is 5.75 Å². The fourth-order valence-electron chi connectivity index (χ4n) is 3.17. The summed E-state index contributed by atoms with van der Waals surface area (Å²) in [5.74, 6) is -0.467. The molecule has 1 aliphatic carbocycles. The van der Waals surface area contributed by atoms with Crippen LogP contribution in [0.3, 0.4) is 0 Å². The fourth-order valence-corrected chi connectivity index (χ4v) is 3.17. The van der Waals surface area contributed by atoms with E-state index >= 15 is 0 Å². The third-order valence-electron chi connectivity index (χ3n) is 4.71. The maximum Gasteiger partial charge on any atom is 0.311 e. The number of carboxylic acid groups (broad SMARTS) is 1.